The van der Waals surface area contributed by atoms with Crippen LogP contribution in [0.4, 0.5) is 4.39 Å². The van der Waals surface area contributed by atoms with Crippen LogP contribution in [0, 0.1) is 5.82 Å². The van der Waals surface area contributed by atoms with Crippen LogP contribution in [0.1, 0.15) is 16.7 Å². The van der Waals surface area contributed by atoms with E-state index in [1.807, 2.05) is 19.2 Å². The standard InChI is InChI=1S/C18H17FN2O2/c1-21-5-4-10-6-12(19)7-13-15-11(8-18(21,20)16(10)13)2-3-14-17(15)23-9-22-14/h2-3,6-7H,4-5,8-9,20H2,1H3/t18-/m1/s1. The number of rotatable bonds is 0. The maximum atomic E-state index is 14.2. The Bertz CT molecular complexity index is 851. The van der Waals surface area contributed by atoms with Crippen molar-refractivity contribution < 1.29 is 13.9 Å². The molecule has 5 rings (SSSR count). The number of ether oxygens (including phenoxy) is 2. The SMILES string of the molecule is CN1CCc2cc(F)cc3c2[C@@]1(N)Cc1ccc2c(c1-3)OCO2. The van der Waals surface area contributed by atoms with Crippen LogP contribution in [0.25, 0.3) is 11.1 Å². The number of nitrogens with two attached hydrogens (primary N) is 1. The second-order valence-corrected chi connectivity index (χ2v) is 6.59. The zero-order valence-corrected chi connectivity index (χ0v) is 12.9. The van der Waals surface area contributed by atoms with Crippen LogP contribution in [0.2, 0.25) is 0 Å². The summed E-state index contributed by atoms with van der Waals surface area (Å²) in [6.45, 7) is 1.03. The van der Waals surface area contributed by atoms with E-state index in [0.29, 0.717) is 12.2 Å². The summed E-state index contributed by atoms with van der Waals surface area (Å²) in [4.78, 5) is 2.17. The van der Waals surface area contributed by atoms with Crippen molar-refractivity contribution in [2.75, 3.05) is 20.4 Å². The lowest BCUT2D eigenvalue weighted by Crippen LogP contribution is -2.57. The number of hydrogen-bond acceptors (Lipinski definition) is 4. The van der Waals surface area contributed by atoms with Gasteiger partial charge in [-0.05, 0) is 53.9 Å². The van der Waals surface area contributed by atoms with Crippen molar-refractivity contribution in [3.05, 3.63) is 46.8 Å². The number of hydrogen-bond donors (Lipinski definition) is 1. The molecule has 0 radical (unpaired) electrons. The molecule has 4 nitrogen and oxygen atoms in total. The Morgan fingerprint density at radius 2 is 2.09 bits per heavy atom. The Balaban J connectivity index is 1.89. The van der Waals surface area contributed by atoms with Crippen LogP contribution in [-0.2, 0) is 18.5 Å². The van der Waals surface area contributed by atoms with Crippen molar-refractivity contribution in [3.8, 4) is 22.6 Å². The molecule has 118 valence electrons. The number of nitrogens with zero attached hydrogens (tertiary/aromatic N) is 1. The van der Waals surface area contributed by atoms with Gasteiger partial charge in [0.25, 0.3) is 0 Å². The predicted octanol–water partition coefficient (Wildman–Crippen LogP) is 2.38. The van der Waals surface area contributed by atoms with Crippen LogP contribution < -0.4 is 15.2 Å². The summed E-state index contributed by atoms with van der Waals surface area (Å²) >= 11 is 0. The largest absolute Gasteiger partial charge is 0.454 e. The van der Waals surface area contributed by atoms with Gasteiger partial charge in [-0.3, -0.25) is 4.90 Å². The van der Waals surface area contributed by atoms with Gasteiger partial charge >= 0.3 is 0 Å². The number of benzene rings is 2. The van der Waals surface area contributed by atoms with Crippen molar-refractivity contribution >= 4 is 0 Å². The Morgan fingerprint density at radius 1 is 1.22 bits per heavy atom. The van der Waals surface area contributed by atoms with Gasteiger partial charge in [0.2, 0.25) is 6.79 Å². The molecule has 1 aliphatic carbocycles. The van der Waals surface area contributed by atoms with Crippen molar-refractivity contribution in [1.29, 1.82) is 0 Å². The van der Waals surface area contributed by atoms with E-state index in [1.165, 1.54) is 0 Å². The third kappa shape index (κ3) is 1.61. The fraction of sp³-hybridized carbons (Fsp3) is 0.333. The maximum absolute atomic E-state index is 14.2. The highest BCUT2D eigenvalue weighted by molar-refractivity contribution is 5.83. The molecule has 0 bridgehead atoms. The van der Waals surface area contributed by atoms with E-state index < -0.39 is 5.66 Å². The predicted molar refractivity (Wildman–Crippen MR) is 83.9 cm³/mol. The second kappa shape index (κ2) is 4.24. The summed E-state index contributed by atoms with van der Waals surface area (Å²) < 4.78 is 25.4. The highest BCUT2D eigenvalue weighted by Crippen LogP contribution is 2.52. The minimum atomic E-state index is -0.600. The minimum absolute atomic E-state index is 0.205. The molecule has 0 aromatic heterocycles. The zero-order chi connectivity index (χ0) is 15.8. The normalized spacial score (nSPS) is 24.3. The molecule has 2 aliphatic heterocycles. The lowest BCUT2D eigenvalue weighted by atomic mass is 9.73. The topological polar surface area (TPSA) is 47.7 Å². The first kappa shape index (κ1) is 13.3. The Morgan fingerprint density at radius 3 is 2.96 bits per heavy atom. The van der Waals surface area contributed by atoms with Gasteiger partial charge in [0.15, 0.2) is 11.5 Å². The number of fused-ring (bicyclic) bond motifs is 4. The molecule has 0 spiro atoms. The van der Waals surface area contributed by atoms with E-state index in [4.69, 9.17) is 15.2 Å². The summed E-state index contributed by atoms with van der Waals surface area (Å²) in [5, 5.41) is 0. The molecular formula is C18H17FN2O2. The molecule has 2 aromatic rings. The van der Waals surface area contributed by atoms with Crippen LogP contribution in [0.5, 0.6) is 11.5 Å². The molecule has 0 saturated heterocycles. The lowest BCUT2D eigenvalue weighted by Gasteiger charge is -2.47. The Labute approximate surface area is 133 Å². The summed E-state index contributed by atoms with van der Waals surface area (Å²) in [6.07, 6.45) is 1.48. The molecular weight excluding hydrogens is 295 g/mol. The first-order valence-electron chi connectivity index (χ1n) is 7.83. The van der Waals surface area contributed by atoms with Crippen LogP contribution in [0.15, 0.2) is 24.3 Å². The summed E-state index contributed by atoms with van der Waals surface area (Å²) in [5.41, 5.74) is 11.1. The molecule has 23 heavy (non-hydrogen) atoms. The van der Waals surface area contributed by atoms with E-state index in [-0.39, 0.29) is 12.6 Å². The highest BCUT2D eigenvalue weighted by Gasteiger charge is 2.44. The van der Waals surface area contributed by atoms with E-state index >= 15 is 0 Å². The average molecular weight is 312 g/mol. The molecule has 1 atom stereocenters. The number of halogens is 1. The van der Waals surface area contributed by atoms with Crippen LogP contribution in [-0.4, -0.2) is 25.3 Å². The molecule has 0 amide bonds. The van der Waals surface area contributed by atoms with E-state index in [1.54, 1.807) is 12.1 Å². The first-order valence-corrected chi connectivity index (χ1v) is 7.83. The monoisotopic (exact) mass is 312 g/mol. The minimum Gasteiger partial charge on any atom is -0.454 e. The van der Waals surface area contributed by atoms with Crippen molar-refractivity contribution in [2.24, 2.45) is 5.73 Å². The quantitative estimate of drug-likeness (QED) is 0.811. The fourth-order valence-corrected chi connectivity index (χ4v) is 4.22. The lowest BCUT2D eigenvalue weighted by molar-refractivity contribution is 0.109. The molecule has 5 heteroatoms. The third-order valence-corrected chi connectivity index (χ3v) is 5.37. The Kier molecular flexibility index (Phi) is 2.46. The third-order valence-electron chi connectivity index (χ3n) is 5.37. The second-order valence-electron chi connectivity index (χ2n) is 6.59. The van der Waals surface area contributed by atoms with Gasteiger partial charge < -0.3 is 15.2 Å². The molecule has 0 saturated carbocycles. The smallest absolute Gasteiger partial charge is 0.231 e. The van der Waals surface area contributed by atoms with Crippen LogP contribution in [0.3, 0.4) is 0 Å². The number of likely N-dealkylation sites (N-methyl/N-ethyl adjacent to an activating group) is 1. The van der Waals surface area contributed by atoms with Crippen molar-refractivity contribution in [3.63, 3.8) is 0 Å². The molecule has 2 aromatic carbocycles. The molecule has 0 fully saturated rings. The van der Waals surface area contributed by atoms with E-state index in [2.05, 4.69) is 4.90 Å². The van der Waals surface area contributed by atoms with Crippen molar-refractivity contribution in [2.45, 2.75) is 18.5 Å². The van der Waals surface area contributed by atoms with Gasteiger partial charge in [-0.2, -0.15) is 0 Å². The van der Waals surface area contributed by atoms with E-state index in [0.717, 1.165) is 46.5 Å². The van der Waals surface area contributed by atoms with Crippen molar-refractivity contribution in [1.82, 2.24) is 4.90 Å². The van der Waals surface area contributed by atoms with Crippen LogP contribution >= 0.6 is 0 Å². The molecule has 2 heterocycles. The molecule has 0 unspecified atom stereocenters. The summed E-state index contributed by atoms with van der Waals surface area (Å²) in [6, 6.07) is 7.14. The molecule has 3 aliphatic rings. The average Bonchev–Trinajstić information content (AvgIpc) is 2.99. The molecule has 2 N–H and O–H groups in total. The summed E-state index contributed by atoms with van der Waals surface area (Å²) in [5.74, 6) is 1.20. The zero-order valence-electron chi connectivity index (χ0n) is 12.9. The van der Waals surface area contributed by atoms with E-state index in [9.17, 15) is 4.39 Å². The maximum Gasteiger partial charge on any atom is 0.231 e. The fourth-order valence-electron chi connectivity index (χ4n) is 4.22. The highest BCUT2D eigenvalue weighted by atomic mass is 19.1. The van der Waals surface area contributed by atoms with Gasteiger partial charge in [-0.25, -0.2) is 4.39 Å². The first-order chi connectivity index (χ1) is 11.1. The van der Waals surface area contributed by atoms with Gasteiger partial charge in [-0.15, -0.1) is 0 Å². The van der Waals surface area contributed by atoms with Gasteiger partial charge in [0, 0.05) is 18.5 Å². The summed E-state index contributed by atoms with van der Waals surface area (Å²) in [7, 11) is 2.04. The van der Waals surface area contributed by atoms with Gasteiger partial charge in [0.05, 0.1) is 5.66 Å². The van der Waals surface area contributed by atoms with Gasteiger partial charge in [0.1, 0.15) is 5.82 Å². The Hall–Kier alpha value is -2.11. The van der Waals surface area contributed by atoms with Gasteiger partial charge in [-0.1, -0.05) is 6.07 Å².